The molecule has 3 aliphatic rings. The Kier molecular flexibility index (Phi) is 9.27. The van der Waals surface area contributed by atoms with Gasteiger partial charge in [-0.1, -0.05) is 6.92 Å². The molecule has 5 heterocycles. The van der Waals surface area contributed by atoms with Gasteiger partial charge in [-0.15, -0.1) is 0 Å². The molecule has 1 unspecified atom stereocenters. The summed E-state index contributed by atoms with van der Waals surface area (Å²) >= 11 is 0. The lowest BCUT2D eigenvalue weighted by atomic mass is 9.89. The summed E-state index contributed by atoms with van der Waals surface area (Å²) in [5, 5.41) is 16.4. The third-order valence-electron chi connectivity index (χ3n) is 9.78. The second-order valence-corrected chi connectivity index (χ2v) is 12.7. The standard InChI is InChI=1S/C34H45N9O4/c1-3-26(2)43-33(44)41(25-38-43)30-6-4-28(5-7-30)39-18-20-40(21-19-39)29-8-10-31(11-9-29)45-22-32-23-46-34(47-32,24-42-36-16-17-37-42)27-12-14-35-15-13-27/h4-11,16-17,25-27,32,35H,3,12-15,18-24H2,1-2H3/t26?,32-,34-/m1/s1. The van der Waals surface area contributed by atoms with Crippen LogP contribution in [0.25, 0.3) is 5.69 Å². The molecule has 13 nitrogen and oxygen atoms in total. The highest BCUT2D eigenvalue weighted by atomic mass is 16.8. The first-order chi connectivity index (χ1) is 23.0. The highest BCUT2D eigenvalue weighted by Gasteiger charge is 2.49. The molecule has 0 amide bonds. The van der Waals surface area contributed by atoms with Gasteiger partial charge in [-0.25, -0.2) is 14.0 Å². The van der Waals surface area contributed by atoms with Gasteiger partial charge in [-0.3, -0.25) is 0 Å². The zero-order valence-corrected chi connectivity index (χ0v) is 27.3. The van der Waals surface area contributed by atoms with Gasteiger partial charge >= 0.3 is 5.69 Å². The molecule has 0 saturated carbocycles. The summed E-state index contributed by atoms with van der Waals surface area (Å²) in [7, 11) is 0. The van der Waals surface area contributed by atoms with Crippen LogP contribution in [0.4, 0.5) is 11.4 Å². The van der Waals surface area contributed by atoms with Crippen LogP contribution in [0.5, 0.6) is 5.75 Å². The first-order valence-electron chi connectivity index (χ1n) is 16.9. The van der Waals surface area contributed by atoms with Crippen molar-refractivity contribution in [3.63, 3.8) is 0 Å². The van der Waals surface area contributed by atoms with Crippen molar-refractivity contribution in [3.8, 4) is 11.4 Å². The Bertz CT molecular complexity index is 1630. The predicted octanol–water partition coefficient (Wildman–Crippen LogP) is 3.11. The lowest BCUT2D eigenvalue weighted by molar-refractivity contribution is -0.223. The van der Waals surface area contributed by atoms with Crippen LogP contribution in [0, 0.1) is 5.92 Å². The van der Waals surface area contributed by atoms with Gasteiger partial charge in [0.2, 0.25) is 0 Å². The Morgan fingerprint density at radius 2 is 1.53 bits per heavy atom. The predicted molar refractivity (Wildman–Crippen MR) is 178 cm³/mol. The number of anilines is 2. The average Bonchev–Trinajstić information content (AvgIpc) is 3.89. The van der Waals surface area contributed by atoms with Crippen LogP contribution in [-0.2, 0) is 16.0 Å². The molecule has 0 radical (unpaired) electrons. The van der Waals surface area contributed by atoms with Gasteiger partial charge in [-0.2, -0.15) is 20.1 Å². The molecule has 0 spiro atoms. The molecular weight excluding hydrogens is 598 g/mol. The van der Waals surface area contributed by atoms with Crippen LogP contribution < -0.4 is 25.5 Å². The maximum absolute atomic E-state index is 12.8. The number of aromatic nitrogens is 6. The molecule has 0 aliphatic carbocycles. The van der Waals surface area contributed by atoms with Gasteiger partial charge in [0.15, 0.2) is 5.79 Å². The molecule has 2 aromatic heterocycles. The second kappa shape index (κ2) is 13.9. The summed E-state index contributed by atoms with van der Waals surface area (Å²) in [5.74, 6) is 0.355. The van der Waals surface area contributed by atoms with Crippen molar-refractivity contribution in [2.24, 2.45) is 5.92 Å². The van der Waals surface area contributed by atoms with Crippen LogP contribution in [0.15, 0.2) is 72.0 Å². The number of hydrogen-bond donors (Lipinski definition) is 1. The molecule has 3 atom stereocenters. The van der Waals surface area contributed by atoms with Crippen molar-refractivity contribution in [2.75, 3.05) is 62.3 Å². The number of ether oxygens (including phenoxy) is 3. The van der Waals surface area contributed by atoms with Gasteiger partial charge in [0.05, 0.1) is 30.7 Å². The van der Waals surface area contributed by atoms with Crippen molar-refractivity contribution in [1.82, 2.24) is 34.7 Å². The molecule has 3 aliphatic heterocycles. The fourth-order valence-electron chi connectivity index (χ4n) is 6.83. The van der Waals surface area contributed by atoms with Gasteiger partial charge in [-0.05, 0) is 87.8 Å². The van der Waals surface area contributed by atoms with Crippen molar-refractivity contribution in [3.05, 3.63) is 77.7 Å². The molecule has 3 fully saturated rings. The minimum Gasteiger partial charge on any atom is -0.491 e. The van der Waals surface area contributed by atoms with E-state index in [1.54, 1.807) is 32.8 Å². The molecule has 47 heavy (non-hydrogen) atoms. The lowest BCUT2D eigenvalue weighted by Gasteiger charge is -2.38. The van der Waals surface area contributed by atoms with Crippen molar-refractivity contribution >= 4 is 11.4 Å². The smallest absolute Gasteiger partial charge is 0.350 e. The van der Waals surface area contributed by atoms with E-state index >= 15 is 0 Å². The van der Waals surface area contributed by atoms with Crippen LogP contribution >= 0.6 is 0 Å². The lowest BCUT2D eigenvalue weighted by Crippen LogP contribution is -2.48. The Balaban J connectivity index is 0.902. The third kappa shape index (κ3) is 6.78. The highest BCUT2D eigenvalue weighted by molar-refractivity contribution is 5.54. The molecule has 4 aromatic rings. The number of nitrogens with one attached hydrogen (secondary N) is 1. The Morgan fingerprint density at radius 1 is 0.915 bits per heavy atom. The number of rotatable bonds is 11. The van der Waals surface area contributed by atoms with Gasteiger partial charge in [0, 0.05) is 43.5 Å². The summed E-state index contributed by atoms with van der Waals surface area (Å²) in [6, 6.07) is 16.6. The Labute approximate surface area is 275 Å². The zero-order chi connectivity index (χ0) is 32.2. The fraction of sp³-hybridized carbons (Fsp3) is 0.529. The van der Waals surface area contributed by atoms with Crippen molar-refractivity contribution < 1.29 is 14.2 Å². The quantitative estimate of drug-likeness (QED) is 0.261. The first kappa shape index (κ1) is 31.4. The Hall–Kier alpha value is -4.20. The van der Waals surface area contributed by atoms with E-state index in [4.69, 9.17) is 14.2 Å². The van der Waals surface area contributed by atoms with Crippen molar-refractivity contribution in [2.45, 2.75) is 57.6 Å². The molecule has 0 bridgehead atoms. The van der Waals surface area contributed by atoms with E-state index in [2.05, 4.69) is 61.6 Å². The van der Waals surface area contributed by atoms with E-state index in [9.17, 15) is 4.79 Å². The van der Waals surface area contributed by atoms with E-state index in [1.807, 2.05) is 31.2 Å². The molecule has 250 valence electrons. The SMILES string of the molecule is CCC(C)n1ncn(-c2ccc(N3CCN(c4ccc(OC[C@@H]5CO[C@@](Cn6nccn6)(C6CCNCC6)O5)cc4)CC3)cc2)c1=O. The monoisotopic (exact) mass is 643 g/mol. The second-order valence-electron chi connectivity index (χ2n) is 12.7. The number of piperidine rings is 1. The van der Waals surface area contributed by atoms with Crippen LogP contribution in [-0.4, -0.2) is 93.7 Å². The summed E-state index contributed by atoms with van der Waals surface area (Å²) in [6.07, 6.45) is 7.66. The summed E-state index contributed by atoms with van der Waals surface area (Å²) in [5.41, 5.74) is 3.06. The zero-order valence-electron chi connectivity index (χ0n) is 27.3. The van der Waals surface area contributed by atoms with E-state index < -0.39 is 5.79 Å². The molecule has 13 heteroatoms. The van der Waals surface area contributed by atoms with Gasteiger partial charge < -0.3 is 29.3 Å². The van der Waals surface area contributed by atoms with Crippen LogP contribution in [0.1, 0.15) is 39.2 Å². The van der Waals surface area contributed by atoms with Gasteiger partial charge in [0.25, 0.3) is 0 Å². The van der Waals surface area contributed by atoms with Crippen LogP contribution in [0.3, 0.4) is 0 Å². The van der Waals surface area contributed by atoms with E-state index in [1.165, 1.54) is 5.69 Å². The fourth-order valence-corrected chi connectivity index (χ4v) is 6.83. The van der Waals surface area contributed by atoms with E-state index in [-0.39, 0.29) is 23.8 Å². The minimum absolute atomic E-state index is 0.0756. The number of piperazine rings is 1. The van der Waals surface area contributed by atoms with Crippen LogP contribution in [0.2, 0.25) is 0 Å². The minimum atomic E-state index is -0.736. The maximum atomic E-state index is 12.8. The first-order valence-corrected chi connectivity index (χ1v) is 16.9. The number of nitrogens with zero attached hydrogens (tertiary/aromatic N) is 8. The van der Waals surface area contributed by atoms with E-state index in [0.29, 0.717) is 19.8 Å². The molecule has 1 N–H and O–H groups in total. The molecule has 7 rings (SSSR count). The molecule has 3 saturated heterocycles. The van der Waals surface area contributed by atoms with Crippen molar-refractivity contribution in [1.29, 1.82) is 0 Å². The summed E-state index contributed by atoms with van der Waals surface area (Å²) < 4.78 is 22.3. The number of benzene rings is 2. The highest BCUT2D eigenvalue weighted by Crippen LogP contribution is 2.38. The number of hydrogen-bond acceptors (Lipinski definition) is 10. The maximum Gasteiger partial charge on any atom is 0.350 e. The molecular formula is C34H45N9O4. The Morgan fingerprint density at radius 3 is 2.17 bits per heavy atom. The molecule has 2 aromatic carbocycles. The summed E-state index contributed by atoms with van der Waals surface area (Å²) in [4.78, 5) is 19.2. The topological polar surface area (TPSA) is 117 Å². The average molecular weight is 644 g/mol. The summed E-state index contributed by atoms with van der Waals surface area (Å²) in [6.45, 7) is 11.0. The largest absolute Gasteiger partial charge is 0.491 e. The third-order valence-corrected chi connectivity index (χ3v) is 9.78. The van der Waals surface area contributed by atoms with Gasteiger partial charge in [0.1, 0.15) is 31.3 Å². The van der Waals surface area contributed by atoms with E-state index in [0.717, 1.165) is 75.7 Å². The normalized spacial score (nSPS) is 22.9.